The molecule has 0 N–H and O–H groups in total. The summed E-state index contributed by atoms with van der Waals surface area (Å²) in [7, 11) is 0. The van der Waals surface area contributed by atoms with Gasteiger partial charge >= 0.3 is 0 Å². The largest absolute Gasteiger partial charge is 0.290 e. The Bertz CT molecular complexity index is 367. The number of hydrogen-bond donors (Lipinski definition) is 0. The molecule has 1 unspecified atom stereocenters. The summed E-state index contributed by atoms with van der Waals surface area (Å²) in [5.74, 6) is 0. The zero-order chi connectivity index (χ0) is 12.1. The van der Waals surface area contributed by atoms with Crippen molar-refractivity contribution >= 4 is 0 Å². The van der Waals surface area contributed by atoms with Crippen LogP contribution in [0.15, 0.2) is 30.3 Å². The van der Waals surface area contributed by atoms with E-state index in [0.717, 1.165) is 32.4 Å². The minimum atomic E-state index is -0.187. The fourth-order valence-corrected chi connectivity index (χ4v) is 2.46. The van der Waals surface area contributed by atoms with Crippen LogP contribution in [0.1, 0.15) is 24.8 Å². The molecule has 0 aromatic heterocycles. The van der Waals surface area contributed by atoms with Crippen molar-refractivity contribution in [1.82, 2.24) is 4.90 Å². The normalized spacial score (nSPS) is 21.3. The van der Waals surface area contributed by atoms with Gasteiger partial charge in [-0.3, -0.25) is 15.0 Å². The third-order valence-electron chi connectivity index (χ3n) is 3.34. The SMILES string of the molecule is O=[N+]([O-])CC1CCCCN1Cc1ccccc1. The summed E-state index contributed by atoms with van der Waals surface area (Å²) in [5.41, 5.74) is 1.24. The van der Waals surface area contributed by atoms with Gasteiger partial charge in [-0.15, -0.1) is 0 Å². The van der Waals surface area contributed by atoms with Gasteiger partial charge in [0.15, 0.2) is 0 Å². The highest BCUT2D eigenvalue weighted by molar-refractivity contribution is 5.14. The van der Waals surface area contributed by atoms with Gasteiger partial charge in [0.1, 0.15) is 0 Å². The summed E-state index contributed by atoms with van der Waals surface area (Å²) in [6.45, 7) is 1.89. The molecule has 1 fully saturated rings. The van der Waals surface area contributed by atoms with Gasteiger partial charge in [-0.1, -0.05) is 36.8 Å². The third kappa shape index (κ3) is 3.53. The Morgan fingerprint density at radius 3 is 2.76 bits per heavy atom. The van der Waals surface area contributed by atoms with E-state index in [2.05, 4.69) is 17.0 Å². The third-order valence-corrected chi connectivity index (χ3v) is 3.34. The lowest BCUT2D eigenvalue weighted by molar-refractivity contribution is -0.487. The molecule has 1 aliphatic rings. The molecule has 1 atom stereocenters. The highest BCUT2D eigenvalue weighted by atomic mass is 16.6. The Kier molecular flexibility index (Phi) is 4.09. The smallest absolute Gasteiger partial charge is 0.219 e. The molecule has 1 heterocycles. The molecule has 17 heavy (non-hydrogen) atoms. The van der Waals surface area contributed by atoms with Crippen LogP contribution in [0, 0.1) is 10.1 Å². The second kappa shape index (κ2) is 5.77. The molecule has 0 radical (unpaired) electrons. The average molecular weight is 234 g/mol. The van der Waals surface area contributed by atoms with Gasteiger partial charge in [0.2, 0.25) is 6.54 Å². The number of likely N-dealkylation sites (tertiary alicyclic amines) is 1. The molecular weight excluding hydrogens is 216 g/mol. The van der Waals surface area contributed by atoms with E-state index < -0.39 is 0 Å². The molecule has 0 amide bonds. The molecule has 1 aromatic rings. The maximum atomic E-state index is 10.6. The summed E-state index contributed by atoms with van der Waals surface area (Å²) in [5, 5.41) is 10.6. The second-order valence-corrected chi connectivity index (χ2v) is 4.62. The van der Waals surface area contributed by atoms with Gasteiger partial charge < -0.3 is 0 Å². The standard InChI is InChI=1S/C13H18N2O2/c16-15(17)11-13-8-4-5-9-14(13)10-12-6-2-1-3-7-12/h1-3,6-7,13H,4-5,8-11H2. The van der Waals surface area contributed by atoms with Crippen molar-refractivity contribution in [2.24, 2.45) is 0 Å². The average Bonchev–Trinajstić information content (AvgIpc) is 2.32. The topological polar surface area (TPSA) is 46.4 Å². The highest BCUT2D eigenvalue weighted by Crippen LogP contribution is 2.19. The van der Waals surface area contributed by atoms with E-state index in [1.54, 1.807) is 0 Å². The first-order valence-electron chi connectivity index (χ1n) is 6.15. The summed E-state index contributed by atoms with van der Waals surface area (Å²) in [4.78, 5) is 12.7. The van der Waals surface area contributed by atoms with E-state index in [9.17, 15) is 10.1 Å². The maximum absolute atomic E-state index is 10.6. The molecule has 0 aliphatic carbocycles. The van der Waals surface area contributed by atoms with Crippen molar-refractivity contribution in [2.75, 3.05) is 13.1 Å². The summed E-state index contributed by atoms with van der Waals surface area (Å²) in [6.07, 6.45) is 3.22. The summed E-state index contributed by atoms with van der Waals surface area (Å²) >= 11 is 0. The lowest BCUT2D eigenvalue weighted by Gasteiger charge is -2.33. The molecule has 4 nitrogen and oxygen atoms in total. The van der Waals surface area contributed by atoms with Crippen LogP contribution in [0.2, 0.25) is 0 Å². The monoisotopic (exact) mass is 234 g/mol. The van der Waals surface area contributed by atoms with E-state index >= 15 is 0 Å². The van der Waals surface area contributed by atoms with Gasteiger partial charge in [0.05, 0.1) is 6.04 Å². The predicted octanol–water partition coefficient (Wildman–Crippen LogP) is 2.32. The van der Waals surface area contributed by atoms with E-state index in [0.29, 0.717) is 0 Å². The second-order valence-electron chi connectivity index (χ2n) is 4.62. The number of benzene rings is 1. The van der Waals surface area contributed by atoms with Crippen molar-refractivity contribution in [1.29, 1.82) is 0 Å². The molecule has 0 saturated carbocycles. The van der Waals surface area contributed by atoms with Crippen molar-refractivity contribution in [3.05, 3.63) is 46.0 Å². The molecule has 0 bridgehead atoms. The highest BCUT2D eigenvalue weighted by Gasteiger charge is 2.26. The van der Waals surface area contributed by atoms with Gasteiger partial charge in [-0.25, -0.2) is 0 Å². The number of rotatable bonds is 4. The lowest BCUT2D eigenvalue weighted by atomic mass is 10.0. The number of nitro groups is 1. The molecule has 92 valence electrons. The van der Waals surface area contributed by atoms with Crippen molar-refractivity contribution < 1.29 is 4.92 Å². The quantitative estimate of drug-likeness (QED) is 0.593. The number of hydrogen-bond acceptors (Lipinski definition) is 3. The molecule has 4 heteroatoms. The molecule has 1 aromatic carbocycles. The molecule has 0 spiro atoms. The van der Waals surface area contributed by atoms with Crippen molar-refractivity contribution in [3.8, 4) is 0 Å². The Hall–Kier alpha value is -1.42. The molecule has 1 aliphatic heterocycles. The lowest BCUT2D eigenvalue weighted by Crippen LogP contribution is -2.43. The minimum Gasteiger partial charge on any atom is -0.290 e. The molecule has 2 rings (SSSR count). The molecule has 1 saturated heterocycles. The Morgan fingerprint density at radius 2 is 2.06 bits per heavy atom. The Balaban J connectivity index is 1.99. The first-order valence-corrected chi connectivity index (χ1v) is 6.15. The van der Waals surface area contributed by atoms with Gasteiger partial charge in [-0.05, 0) is 24.9 Å². The number of piperidine rings is 1. The fraction of sp³-hybridized carbons (Fsp3) is 0.538. The van der Waals surface area contributed by atoms with Crippen molar-refractivity contribution in [3.63, 3.8) is 0 Å². The zero-order valence-corrected chi connectivity index (χ0v) is 9.92. The fourth-order valence-electron chi connectivity index (χ4n) is 2.46. The maximum Gasteiger partial charge on any atom is 0.219 e. The van der Waals surface area contributed by atoms with Crippen LogP contribution in [-0.2, 0) is 6.54 Å². The Labute approximate surface area is 101 Å². The minimum absolute atomic E-state index is 0.0762. The van der Waals surface area contributed by atoms with Crippen LogP contribution < -0.4 is 0 Å². The van der Waals surface area contributed by atoms with E-state index in [1.807, 2.05) is 18.2 Å². The molecular formula is C13H18N2O2. The number of nitrogens with zero attached hydrogens (tertiary/aromatic N) is 2. The van der Waals surface area contributed by atoms with Gasteiger partial charge in [-0.2, -0.15) is 0 Å². The van der Waals surface area contributed by atoms with Crippen LogP contribution in [0.3, 0.4) is 0 Å². The summed E-state index contributed by atoms with van der Waals surface area (Å²) in [6, 6.07) is 10.3. The van der Waals surface area contributed by atoms with Gasteiger partial charge in [0, 0.05) is 11.5 Å². The summed E-state index contributed by atoms with van der Waals surface area (Å²) < 4.78 is 0. The van der Waals surface area contributed by atoms with Crippen LogP contribution in [0.4, 0.5) is 0 Å². The van der Waals surface area contributed by atoms with E-state index in [1.165, 1.54) is 5.56 Å². The zero-order valence-electron chi connectivity index (χ0n) is 9.92. The van der Waals surface area contributed by atoms with Crippen molar-refractivity contribution in [2.45, 2.75) is 31.8 Å². The predicted molar refractivity (Wildman–Crippen MR) is 66.4 cm³/mol. The first-order chi connectivity index (χ1) is 8.25. The van der Waals surface area contributed by atoms with Crippen LogP contribution in [0.5, 0.6) is 0 Å². The van der Waals surface area contributed by atoms with E-state index in [-0.39, 0.29) is 17.5 Å². The van der Waals surface area contributed by atoms with Crippen LogP contribution in [0.25, 0.3) is 0 Å². The first kappa shape index (κ1) is 12.0. The van der Waals surface area contributed by atoms with Crippen LogP contribution in [-0.4, -0.2) is 29.0 Å². The Morgan fingerprint density at radius 1 is 1.29 bits per heavy atom. The van der Waals surface area contributed by atoms with Gasteiger partial charge in [0.25, 0.3) is 0 Å². The van der Waals surface area contributed by atoms with Crippen LogP contribution >= 0.6 is 0 Å². The van der Waals surface area contributed by atoms with E-state index in [4.69, 9.17) is 0 Å².